The Kier molecular flexibility index (Phi) is 7.52. The predicted octanol–water partition coefficient (Wildman–Crippen LogP) is 2.26. The van der Waals surface area contributed by atoms with Crippen molar-refractivity contribution in [2.75, 3.05) is 32.1 Å². The van der Waals surface area contributed by atoms with Gasteiger partial charge >= 0.3 is 0 Å². The number of aromatic amines is 1. The summed E-state index contributed by atoms with van der Waals surface area (Å²) in [6.07, 6.45) is 1.30. The van der Waals surface area contributed by atoms with Crippen LogP contribution in [0.15, 0.2) is 58.4 Å². The summed E-state index contributed by atoms with van der Waals surface area (Å²) in [5, 5.41) is 2.66. The Labute approximate surface area is 192 Å². The fourth-order valence-corrected chi connectivity index (χ4v) is 4.73. The van der Waals surface area contributed by atoms with E-state index in [1.807, 2.05) is 19.1 Å². The Hall–Kier alpha value is -3.21. The highest BCUT2D eigenvalue weighted by Crippen LogP contribution is 2.27. The maximum Gasteiger partial charge on any atom is 0.264 e. The maximum atomic E-state index is 13.3. The van der Waals surface area contributed by atoms with Crippen LogP contribution in [0.4, 0.5) is 5.69 Å². The first-order valence-electron chi connectivity index (χ1n) is 10.3. The first kappa shape index (κ1) is 24.4. The first-order valence-corrected chi connectivity index (χ1v) is 11.7. The maximum absolute atomic E-state index is 13.3. The Morgan fingerprint density at radius 3 is 2.52 bits per heavy atom. The third-order valence-corrected chi connectivity index (χ3v) is 7.19. The number of ether oxygens (including phenoxy) is 2. The minimum atomic E-state index is -3.95. The quantitative estimate of drug-likeness (QED) is 0.461. The SMILES string of the molecule is CCc1ccccc1N(C)S(=O)(=O)c1ccc2[nH]cc(C(=O)NCC(OC)OC)c(=O)c2c1. The second kappa shape index (κ2) is 10.2. The van der Waals surface area contributed by atoms with Crippen molar-refractivity contribution in [1.29, 1.82) is 0 Å². The van der Waals surface area contributed by atoms with Crippen LogP contribution in [0.25, 0.3) is 10.9 Å². The van der Waals surface area contributed by atoms with Gasteiger partial charge in [0.15, 0.2) is 6.29 Å². The van der Waals surface area contributed by atoms with E-state index in [1.54, 1.807) is 12.1 Å². The number of benzene rings is 2. The van der Waals surface area contributed by atoms with E-state index >= 15 is 0 Å². The molecular weight excluding hydrogens is 446 g/mol. The zero-order valence-corrected chi connectivity index (χ0v) is 19.7. The fourth-order valence-electron chi connectivity index (χ4n) is 3.47. The van der Waals surface area contributed by atoms with Gasteiger partial charge in [0.25, 0.3) is 15.9 Å². The number of H-pyrrole nitrogens is 1. The van der Waals surface area contributed by atoms with E-state index in [9.17, 15) is 18.0 Å². The summed E-state index contributed by atoms with van der Waals surface area (Å²) < 4.78 is 37.9. The molecule has 0 saturated carbocycles. The second-order valence-electron chi connectivity index (χ2n) is 7.30. The highest BCUT2D eigenvalue weighted by molar-refractivity contribution is 7.92. The van der Waals surface area contributed by atoms with Crippen LogP contribution >= 0.6 is 0 Å². The van der Waals surface area contributed by atoms with E-state index in [1.165, 1.54) is 50.0 Å². The smallest absolute Gasteiger partial charge is 0.264 e. The standard InChI is InChI=1S/C23H27N3O6S/c1-5-15-8-6-7-9-20(15)26(2)33(29,30)16-10-11-19-17(12-16)22(27)18(13-24-19)23(28)25-14-21(31-3)32-4/h6-13,21H,5,14H2,1-4H3,(H,24,27)(H,25,28). The monoisotopic (exact) mass is 473 g/mol. The lowest BCUT2D eigenvalue weighted by molar-refractivity contribution is -0.0974. The number of carbonyl (C=O) groups excluding carboxylic acids is 1. The molecule has 3 rings (SSSR count). The van der Waals surface area contributed by atoms with E-state index in [0.717, 1.165) is 5.56 Å². The highest BCUT2D eigenvalue weighted by atomic mass is 32.2. The van der Waals surface area contributed by atoms with Crippen molar-refractivity contribution in [1.82, 2.24) is 10.3 Å². The van der Waals surface area contributed by atoms with E-state index in [4.69, 9.17) is 9.47 Å². The molecule has 0 bridgehead atoms. The molecule has 0 unspecified atom stereocenters. The molecule has 10 heteroatoms. The molecule has 0 fully saturated rings. The molecular formula is C23H27N3O6S. The molecule has 9 nitrogen and oxygen atoms in total. The molecule has 2 aromatic carbocycles. The zero-order chi connectivity index (χ0) is 24.2. The van der Waals surface area contributed by atoms with Crippen LogP contribution in [0.3, 0.4) is 0 Å². The zero-order valence-electron chi connectivity index (χ0n) is 18.9. The number of sulfonamides is 1. The molecule has 1 amide bonds. The summed E-state index contributed by atoms with van der Waals surface area (Å²) in [6, 6.07) is 11.5. The number of anilines is 1. The third kappa shape index (κ3) is 4.92. The summed E-state index contributed by atoms with van der Waals surface area (Å²) in [5.41, 5.74) is 1.13. The Bertz CT molecular complexity index is 1320. The van der Waals surface area contributed by atoms with Gasteiger partial charge in [0.05, 0.1) is 17.1 Å². The second-order valence-corrected chi connectivity index (χ2v) is 9.27. The summed E-state index contributed by atoms with van der Waals surface area (Å²) in [5.74, 6) is -0.625. The van der Waals surface area contributed by atoms with Gasteiger partial charge in [-0.05, 0) is 36.2 Å². The van der Waals surface area contributed by atoms with Gasteiger partial charge < -0.3 is 19.8 Å². The molecule has 0 radical (unpaired) electrons. The van der Waals surface area contributed by atoms with Gasteiger partial charge in [-0.15, -0.1) is 0 Å². The normalized spacial score (nSPS) is 11.7. The first-order chi connectivity index (χ1) is 15.7. The van der Waals surface area contributed by atoms with Gasteiger partial charge in [-0.25, -0.2) is 8.42 Å². The topological polar surface area (TPSA) is 118 Å². The number of carbonyl (C=O) groups is 1. The van der Waals surface area contributed by atoms with Crippen LogP contribution in [0, 0.1) is 0 Å². The number of nitrogens with one attached hydrogen (secondary N) is 2. The van der Waals surface area contributed by atoms with Crippen molar-refractivity contribution < 1.29 is 22.7 Å². The molecule has 1 heterocycles. The number of aryl methyl sites for hydroxylation is 1. The van der Waals surface area contributed by atoms with Gasteiger partial charge in [0.2, 0.25) is 5.43 Å². The fraction of sp³-hybridized carbons (Fsp3) is 0.304. The Morgan fingerprint density at radius 1 is 1.15 bits per heavy atom. The highest BCUT2D eigenvalue weighted by Gasteiger charge is 2.24. The number of hydrogen-bond donors (Lipinski definition) is 2. The molecule has 0 atom stereocenters. The number of aromatic nitrogens is 1. The van der Waals surface area contributed by atoms with Crippen molar-refractivity contribution in [3.8, 4) is 0 Å². The number of pyridine rings is 1. The molecule has 0 aliphatic rings. The lowest BCUT2D eigenvalue weighted by Crippen LogP contribution is -2.36. The Morgan fingerprint density at radius 2 is 1.85 bits per heavy atom. The summed E-state index contributed by atoms with van der Waals surface area (Å²) in [6.45, 7) is 1.99. The number of para-hydroxylation sites is 1. The molecule has 176 valence electrons. The molecule has 33 heavy (non-hydrogen) atoms. The summed E-state index contributed by atoms with van der Waals surface area (Å²) in [4.78, 5) is 28.4. The van der Waals surface area contributed by atoms with Crippen molar-refractivity contribution in [3.05, 3.63) is 70.0 Å². The van der Waals surface area contributed by atoms with Crippen LogP contribution in [-0.2, 0) is 25.9 Å². The summed E-state index contributed by atoms with van der Waals surface area (Å²) in [7, 11) is 0.392. The van der Waals surface area contributed by atoms with Crippen LogP contribution in [0.2, 0.25) is 0 Å². The molecule has 0 saturated heterocycles. The van der Waals surface area contributed by atoms with Gasteiger partial charge in [-0.2, -0.15) is 0 Å². The van der Waals surface area contributed by atoms with Crippen molar-refractivity contribution in [2.24, 2.45) is 0 Å². The molecule has 0 aliphatic carbocycles. The number of methoxy groups -OCH3 is 2. The average Bonchev–Trinajstić information content (AvgIpc) is 2.84. The summed E-state index contributed by atoms with van der Waals surface area (Å²) >= 11 is 0. The van der Waals surface area contributed by atoms with E-state index < -0.39 is 27.6 Å². The minimum Gasteiger partial charge on any atom is -0.360 e. The molecule has 0 aliphatic heterocycles. The van der Waals surface area contributed by atoms with Gasteiger partial charge in [0, 0.05) is 38.4 Å². The minimum absolute atomic E-state index is 0.0410. The van der Waals surface area contributed by atoms with Crippen molar-refractivity contribution >= 4 is 32.5 Å². The van der Waals surface area contributed by atoms with Crippen LogP contribution in [-0.4, -0.2) is 53.4 Å². The molecule has 2 N–H and O–H groups in total. The predicted molar refractivity (Wildman–Crippen MR) is 126 cm³/mol. The average molecular weight is 474 g/mol. The van der Waals surface area contributed by atoms with Gasteiger partial charge in [0.1, 0.15) is 5.56 Å². The third-order valence-electron chi connectivity index (χ3n) is 5.42. The van der Waals surface area contributed by atoms with Crippen LogP contribution in [0.5, 0.6) is 0 Å². The molecule has 3 aromatic rings. The largest absolute Gasteiger partial charge is 0.360 e. The number of amides is 1. The van der Waals surface area contributed by atoms with Gasteiger partial charge in [-0.3, -0.25) is 13.9 Å². The molecule has 0 spiro atoms. The molecule has 1 aromatic heterocycles. The lowest BCUT2D eigenvalue weighted by atomic mass is 10.1. The van der Waals surface area contributed by atoms with E-state index in [2.05, 4.69) is 10.3 Å². The van der Waals surface area contributed by atoms with E-state index in [0.29, 0.717) is 17.6 Å². The number of nitrogens with zero attached hydrogens (tertiary/aromatic N) is 1. The van der Waals surface area contributed by atoms with Gasteiger partial charge in [-0.1, -0.05) is 25.1 Å². The van der Waals surface area contributed by atoms with Crippen molar-refractivity contribution in [2.45, 2.75) is 24.5 Å². The van der Waals surface area contributed by atoms with Crippen LogP contribution in [0.1, 0.15) is 22.8 Å². The Balaban J connectivity index is 1.99. The van der Waals surface area contributed by atoms with Crippen molar-refractivity contribution in [3.63, 3.8) is 0 Å². The number of rotatable bonds is 9. The number of fused-ring (bicyclic) bond motifs is 1. The van der Waals surface area contributed by atoms with E-state index in [-0.39, 0.29) is 22.4 Å². The van der Waals surface area contributed by atoms with Crippen LogP contribution < -0.4 is 15.1 Å². The lowest BCUT2D eigenvalue weighted by Gasteiger charge is -2.22. The number of hydrogen-bond acceptors (Lipinski definition) is 6.